The molecule has 2 aromatic heterocycles. The Labute approximate surface area is 188 Å². The number of fused-ring (bicyclic) bond motifs is 3. The Morgan fingerprint density at radius 2 is 2.00 bits per heavy atom. The Hall–Kier alpha value is -2.71. The monoisotopic (exact) mass is 458 g/mol. The van der Waals surface area contributed by atoms with Crippen LogP contribution >= 0.6 is 22.9 Å². The largest absolute Gasteiger partial charge is 0.335 e. The van der Waals surface area contributed by atoms with Crippen LogP contribution in [0.4, 0.5) is 5.69 Å². The molecule has 1 aliphatic rings. The SMILES string of the molecule is CN(CC(=O)Nc1ccccc1Cl)C(=O)Cn1cnc2sc3c(c2c1=O)CCCCC3. The van der Waals surface area contributed by atoms with Crippen LogP contribution in [0.1, 0.15) is 29.7 Å². The molecular formula is C22H23ClN4O3S. The minimum Gasteiger partial charge on any atom is -0.335 e. The molecule has 2 amide bonds. The van der Waals surface area contributed by atoms with Crippen LogP contribution < -0.4 is 10.9 Å². The van der Waals surface area contributed by atoms with Crippen molar-refractivity contribution in [3.05, 3.63) is 56.4 Å². The first-order valence-corrected chi connectivity index (χ1v) is 11.4. The number of benzene rings is 1. The number of likely N-dealkylation sites (N-methyl/N-ethyl adjacent to an activating group) is 1. The summed E-state index contributed by atoms with van der Waals surface area (Å²) in [5, 5.41) is 3.76. The number of carbonyl (C=O) groups is 2. The van der Waals surface area contributed by atoms with Gasteiger partial charge in [-0.05, 0) is 43.4 Å². The lowest BCUT2D eigenvalue weighted by molar-refractivity contribution is -0.133. The number of aromatic nitrogens is 2. The van der Waals surface area contributed by atoms with Gasteiger partial charge in [0.25, 0.3) is 5.56 Å². The van der Waals surface area contributed by atoms with Gasteiger partial charge in [-0.3, -0.25) is 19.0 Å². The first-order valence-electron chi connectivity index (χ1n) is 10.2. The van der Waals surface area contributed by atoms with E-state index < -0.39 is 0 Å². The van der Waals surface area contributed by atoms with Crippen molar-refractivity contribution in [3.63, 3.8) is 0 Å². The van der Waals surface area contributed by atoms with Gasteiger partial charge >= 0.3 is 0 Å². The number of rotatable bonds is 5. The van der Waals surface area contributed by atoms with E-state index in [2.05, 4.69) is 10.3 Å². The predicted octanol–water partition coefficient (Wildman–Crippen LogP) is 3.48. The number of hydrogen-bond acceptors (Lipinski definition) is 5. The maximum Gasteiger partial charge on any atom is 0.262 e. The summed E-state index contributed by atoms with van der Waals surface area (Å²) in [5.41, 5.74) is 1.40. The molecule has 0 saturated heterocycles. The second-order valence-electron chi connectivity index (χ2n) is 7.70. The van der Waals surface area contributed by atoms with Crippen molar-refractivity contribution < 1.29 is 9.59 Å². The molecule has 0 spiro atoms. The number of nitrogens with one attached hydrogen (secondary N) is 1. The van der Waals surface area contributed by atoms with Crippen molar-refractivity contribution in [2.45, 2.75) is 38.6 Å². The summed E-state index contributed by atoms with van der Waals surface area (Å²) in [6, 6.07) is 6.89. The summed E-state index contributed by atoms with van der Waals surface area (Å²) < 4.78 is 1.34. The van der Waals surface area contributed by atoms with E-state index in [1.807, 2.05) is 0 Å². The van der Waals surface area contributed by atoms with Gasteiger partial charge in [-0.25, -0.2) is 4.98 Å². The minimum absolute atomic E-state index is 0.150. The molecular weight excluding hydrogens is 436 g/mol. The van der Waals surface area contributed by atoms with Crippen LogP contribution in [-0.4, -0.2) is 39.9 Å². The number of thiophene rings is 1. The molecule has 31 heavy (non-hydrogen) atoms. The van der Waals surface area contributed by atoms with Crippen LogP contribution in [0.3, 0.4) is 0 Å². The Morgan fingerprint density at radius 1 is 1.23 bits per heavy atom. The van der Waals surface area contributed by atoms with Gasteiger partial charge in [0.2, 0.25) is 11.8 Å². The predicted molar refractivity (Wildman–Crippen MR) is 123 cm³/mol. The highest BCUT2D eigenvalue weighted by molar-refractivity contribution is 7.18. The fourth-order valence-electron chi connectivity index (χ4n) is 3.79. The van der Waals surface area contributed by atoms with Gasteiger partial charge < -0.3 is 10.2 Å². The number of halogens is 1. The van der Waals surface area contributed by atoms with Gasteiger partial charge in [0.05, 0.1) is 29.0 Å². The summed E-state index contributed by atoms with van der Waals surface area (Å²) in [6.45, 7) is -0.315. The van der Waals surface area contributed by atoms with E-state index in [0.29, 0.717) is 16.1 Å². The van der Waals surface area contributed by atoms with Gasteiger partial charge in [0, 0.05) is 11.9 Å². The molecule has 0 fully saturated rings. The van der Waals surface area contributed by atoms with Gasteiger partial charge in [0.15, 0.2) is 0 Å². The lowest BCUT2D eigenvalue weighted by atomic mass is 10.1. The highest BCUT2D eigenvalue weighted by atomic mass is 35.5. The zero-order valence-corrected chi connectivity index (χ0v) is 18.8. The molecule has 7 nitrogen and oxygen atoms in total. The first kappa shape index (κ1) is 21.5. The van der Waals surface area contributed by atoms with Crippen LogP contribution in [0.2, 0.25) is 5.02 Å². The van der Waals surface area contributed by atoms with Crippen LogP contribution in [0, 0.1) is 0 Å². The maximum absolute atomic E-state index is 13.1. The van der Waals surface area contributed by atoms with Gasteiger partial charge in [0.1, 0.15) is 11.4 Å². The Morgan fingerprint density at radius 3 is 2.81 bits per heavy atom. The number of hydrogen-bond donors (Lipinski definition) is 1. The van der Waals surface area contributed by atoms with E-state index >= 15 is 0 Å². The van der Waals surface area contributed by atoms with Crippen molar-refractivity contribution in [1.82, 2.24) is 14.5 Å². The van der Waals surface area contributed by atoms with E-state index in [1.165, 1.54) is 27.7 Å². The van der Waals surface area contributed by atoms with E-state index in [1.54, 1.807) is 35.6 Å². The number of nitrogens with zero attached hydrogens (tertiary/aromatic N) is 3. The molecule has 1 N–H and O–H groups in total. The van der Waals surface area contributed by atoms with Gasteiger partial charge in [-0.1, -0.05) is 30.2 Å². The Kier molecular flexibility index (Phi) is 6.38. The topological polar surface area (TPSA) is 84.3 Å². The quantitative estimate of drug-likeness (QED) is 0.593. The van der Waals surface area contributed by atoms with Crippen molar-refractivity contribution >= 4 is 50.7 Å². The molecule has 0 atom stereocenters. The summed E-state index contributed by atoms with van der Waals surface area (Å²) >= 11 is 7.64. The smallest absolute Gasteiger partial charge is 0.262 e. The molecule has 0 saturated carbocycles. The van der Waals surface area contributed by atoms with E-state index in [-0.39, 0.29) is 30.5 Å². The number of carbonyl (C=O) groups excluding carboxylic acids is 2. The highest BCUT2D eigenvalue weighted by Gasteiger charge is 2.21. The van der Waals surface area contributed by atoms with Crippen LogP contribution in [0.15, 0.2) is 35.4 Å². The molecule has 4 rings (SSSR count). The Bertz CT molecular complexity index is 1200. The summed E-state index contributed by atoms with van der Waals surface area (Å²) in [5.74, 6) is -0.716. The molecule has 0 bridgehead atoms. The van der Waals surface area contributed by atoms with Gasteiger partial charge in [-0.15, -0.1) is 11.3 Å². The third kappa shape index (κ3) is 4.65. The highest BCUT2D eigenvalue weighted by Crippen LogP contribution is 2.32. The van der Waals surface area contributed by atoms with Crippen LogP contribution in [-0.2, 0) is 29.0 Å². The summed E-state index contributed by atoms with van der Waals surface area (Å²) in [7, 11) is 1.53. The molecule has 0 unspecified atom stereocenters. The fraction of sp³-hybridized carbons (Fsp3) is 0.364. The first-order chi connectivity index (χ1) is 14.9. The van der Waals surface area contributed by atoms with Crippen LogP contribution in [0.5, 0.6) is 0 Å². The normalized spacial score (nSPS) is 13.5. The lowest BCUT2D eigenvalue weighted by Crippen LogP contribution is -2.38. The van der Waals surface area contributed by atoms with Crippen molar-refractivity contribution in [2.24, 2.45) is 0 Å². The molecule has 162 valence electrons. The number of aryl methyl sites for hydroxylation is 2. The van der Waals surface area contributed by atoms with E-state index in [9.17, 15) is 14.4 Å². The maximum atomic E-state index is 13.1. The molecule has 1 aromatic carbocycles. The molecule has 0 aliphatic heterocycles. The molecule has 9 heteroatoms. The zero-order valence-electron chi connectivity index (χ0n) is 17.2. The number of anilines is 1. The average Bonchev–Trinajstić information content (AvgIpc) is 2.93. The second-order valence-corrected chi connectivity index (χ2v) is 9.19. The standard InChI is InChI=1S/C22H23ClN4O3S/c1-26(11-18(28)25-16-9-6-5-8-15(16)23)19(29)12-27-13-24-21-20(22(27)30)14-7-3-2-4-10-17(14)31-21/h5-6,8-9,13H,2-4,7,10-12H2,1H3,(H,25,28). The number of amides is 2. The molecule has 3 aromatic rings. The second kappa shape index (κ2) is 9.20. The zero-order chi connectivity index (χ0) is 22.0. The van der Waals surface area contributed by atoms with Crippen LogP contribution in [0.25, 0.3) is 10.2 Å². The van der Waals surface area contributed by atoms with Crippen molar-refractivity contribution in [1.29, 1.82) is 0 Å². The molecule has 1 aliphatic carbocycles. The number of para-hydroxylation sites is 1. The summed E-state index contributed by atoms with van der Waals surface area (Å²) in [6.07, 6.45) is 6.65. The molecule has 2 heterocycles. The Balaban J connectivity index is 1.47. The third-order valence-corrected chi connectivity index (χ3v) is 6.98. The summed E-state index contributed by atoms with van der Waals surface area (Å²) in [4.78, 5) is 45.8. The van der Waals surface area contributed by atoms with Gasteiger partial charge in [-0.2, -0.15) is 0 Å². The molecule has 0 radical (unpaired) electrons. The third-order valence-electron chi connectivity index (χ3n) is 5.45. The van der Waals surface area contributed by atoms with Crippen molar-refractivity contribution in [2.75, 3.05) is 18.9 Å². The lowest BCUT2D eigenvalue weighted by Gasteiger charge is -2.17. The van der Waals surface area contributed by atoms with E-state index in [4.69, 9.17) is 11.6 Å². The van der Waals surface area contributed by atoms with Crippen molar-refractivity contribution in [3.8, 4) is 0 Å². The average molecular weight is 459 g/mol. The fourth-order valence-corrected chi connectivity index (χ4v) is 5.20. The minimum atomic E-state index is -0.368. The van der Waals surface area contributed by atoms with E-state index in [0.717, 1.165) is 42.5 Å².